The molecule has 0 aromatic heterocycles. The number of hydrogen-bond donors (Lipinski definition) is 3. The Kier molecular flexibility index (Phi) is 7.46. The Balaban J connectivity index is 1.23. The SMILES string of the molecule is CC1C(C2=CCC(C(=O)O)CC2)=CCC2(C)C1CC[C@]1(C)C2CCC2C3CCCC3(NCCC(C)(C)O)CC[C@]21C. The van der Waals surface area contributed by atoms with Crippen molar-refractivity contribution in [3.05, 3.63) is 23.3 Å². The van der Waals surface area contributed by atoms with E-state index >= 15 is 0 Å². The third-order valence-corrected chi connectivity index (χ3v) is 14.9. The molecule has 4 saturated carbocycles. The quantitative estimate of drug-likeness (QED) is 0.303. The van der Waals surface area contributed by atoms with Gasteiger partial charge in [0.05, 0.1) is 11.5 Å². The van der Waals surface area contributed by atoms with Gasteiger partial charge in [-0.2, -0.15) is 0 Å². The molecule has 0 bridgehead atoms. The zero-order chi connectivity index (χ0) is 29.4. The molecule has 0 heterocycles. The van der Waals surface area contributed by atoms with Crippen LogP contribution in [-0.2, 0) is 4.79 Å². The molecule has 0 saturated heterocycles. The van der Waals surface area contributed by atoms with Crippen molar-refractivity contribution < 1.29 is 15.0 Å². The van der Waals surface area contributed by atoms with E-state index in [1.165, 1.54) is 69.8 Å². The summed E-state index contributed by atoms with van der Waals surface area (Å²) < 4.78 is 0. The van der Waals surface area contributed by atoms with Gasteiger partial charge in [-0.1, -0.05) is 46.3 Å². The van der Waals surface area contributed by atoms with Gasteiger partial charge in [0.1, 0.15) is 0 Å². The van der Waals surface area contributed by atoms with Crippen LogP contribution >= 0.6 is 0 Å². The monoisotopic (exact) mass is 565 g/mol. The Bertz CT molecular complexity index is 1100. The normalized spacial score (nSPS) is 47.8. The fraction of sp³-hybridized carbons (Fsp3) is 0.865. The molecular formula is C37H59NO3. The van der Waals surface area contributed by atoms with Crippen molar-refractivity contribution in [2.75, 3.05) is 6.54 Å². The highest BCUT2D eigenvalue weighted by Crippen LogP contribution is 2.75. The molecule has 8 unspecified atom stereocenters. The topological polar surface area (TPSA) is 69.6 Å². The number of nitrogens with one attached hydrogen (secondary N) is 1. The molecule has 4 heteroatoms. The van der Waals surface area contributed by atoms with Crippen molar-refractivity contribution in [3.8, 4) is 0 Å². The van der Waals surface area contributed by atoms with Crippen molar-refractivity contribution in [1.29, 1.82) is 0 Å². The standard InChI is InChI=1S/C37H59NO3/c1-24-27(25-9-11-26(12-10-25)32(39)40)15-18-34(4)28(24)16-19-36(6)31(34)14-13-29-30-8-7-17-37(30,21-20-35(29,36)5)38-23-22-33(2,3)41/h9,15,24,26,28-31,38,41H,7-8,10-14,16-23H2,1-6H3,(H,39,40)/t24?,26?,28?,29?,30?,31?,34?,35-,36-,37?/m1/s1. The van der Waals surface area contributed by atoms with Crippen molar-refractivity contribution in [2.45, 2.75) is 143 Å². The maximum Gasteiger partial charge on any atom is 0.306 e. The molecule has 0 aliphatic heterocycles. The van der Waals surface area contributed by atoms with Crippen LogP contribution in [-0.4, -0.2) is 33.9 Å². The first-order valence-corrected chi connectivity index (χ1v) is 17.3. The van der Waals surface area contributed by atoms with E-state index in [0.717, 1.165) is 49.5 Å². The molecule has 6 aliphatic rings. The summed E-state index contributed by atoms with van der Waals surface area (Å²) in [6.45, 7) is 15.5. The number of carboxylic acid groups (broad SMARTS) is 1. The Hall–Kier alpha value is -1.13. The van der Waals surface area contributed by atoms with Crippen LogP contribution in [0, 0.1) is 51.8 Å². The van der Waals surface area contributed by atoms with Gasteiger partial charge in [0.25, 0.3) is 0 Å². The largest absolute Gasteiger partial charge is 0.481 e. The summed E-state index contributed by atoms with van der Waals surface area (Å²) in [4.78, 5) is 11.5. The zero-order valence-electron chi connectivity index (χ0n) is 27.0. The van der Waals surface area contributed by atoms with Gasteiger partial charge < -0.3 is 15.5 Å². The minimum atomic E-state index is -0.628. The molecule has 0 amide bonds. The molecule has 0 spiro atoms. The molecule has 3 N–H and O–H groups in total. The predicted octanol–water partition coefficient (Wildman–Crippen LogP) is 8.30. The van der Waals surface area contributed by atoms with Crippen molar-refractivity contribution in [2.24, 2.45) is 51.8 Å². The van der Waals surface area contributed by atoms with E-state index in [2.05, 4.69) is 45.2 Å². The smallest absolute Gasteiger partial charge is 0.306 e. The average molecular weight is 566 g/mol. The van der Waals surface area contributed by atoms with Gasteiger partial charge in [-0.15, -0.1) is 0 Å². The second kappa shape index (κ2) is 10.2. The molecule has 4 nitrogen and oxygen atoms in total. The number of carbonyl (C=O) groups is 1. The predicted molar refractivity (Wildman–Crippen MR) is 166 cm³/mol. The highest BCUT2D eigenvalue weighted by molar-refractivity contribution is 5.70. The highest BCUT2D eigenvalue weighted by atomic mass is 16.4. The lowest BCUT2D eigenvalue weighted by Crippen LogP contribution is -2.67. The maximum absolute atomic E-state index is 11.5. The van der Waals surface area contributed by atoms with Crippen molar-refractivity contribution in [1.82, 2.24) is 5.32 Å². The molecule has 4 fully saturated rings. The van der Waals surface area contributed by atoms with Gasteiger partial charge in [0.15, 0.2) is 0 Å². The molecule has 230 valence electrons. The fourth-order valence-corrected chi connectivity index (χ4v) is 12.5. The van der Waals surface area contributed by atoms with Gasteiger partial charge in [-0.25, -0.2) is 0 Å². The lowest BCUT2D eigenvalue weighted by atomic mass is 9.34. The molecule has 0 aromatic rings. The molecule has 6 rings (SSSR count). The van der Waals surface area contributed by atoms with Gasteiger partial charge >= 0.3 is 5.97 Å². The first-order chi connectivity index (χ1) is 19.2. The van der Waals surface area contributed by atoms with Crippen molar-refractivity contribution >= 4 is 5.97 Å². The van der Waals surface area contributed by atoms with Crippen LogP contribution in [0.4, 0.5) is 0 Å². The number of fused-ring (bicyclic) bond motifs is 7. The first-order valence-electron chi connectivity index (χ1n) is 17.3. The summed E-state index contributed by atoms with van der Waals surface area (Å²) >= 11 is 0. The summed E-state index contributed by atoms with van der Waals surface area (Å²) in [6.07, 6.45) is 21.6. The van der Waals surface area contributed by atoms with Gasteiger partial charge in [0.2, 0.25) is 0 Å². The van der Waals surface area contributed by atoms with E-state index < -0.39 is 11.6 Å². The van der Waals surface area contributed by atoms with Crippen LogP contribution in [0.5, 0.6) is 0 Å². The van der Waals surface area contributed by atoms with E-state index in [1.54, 1.807) is 5.57 Å². The Labute approximate surface area is 250 Å². The van der Waals surface area contributed by atoms with Gasteiger partial charge in [-0.05, 0) is 161 Å². The van der Waals surface area contributed by atoms with Crippen LogP contribution < -0.4 is 5.32 Å². The summed E-state index contributed by atoms with van der Waals surface area (Å²) in [5.74, 6) is 2.87. The van der Waals surface area contributed by atoms with Crippen LogP contribution in [0.15, 0.2) is 23.3 Å². The van der Waals surface area contributed by atoms with Crippen LogP contribution in [0.2, 0.25) is 0 Å². The number of allylic oxidation sites excluding steroid dienone is 4. The number of rotatable bonds is 6. The molecule has 6 aliphatic carbocycles. The minimum absolute atomic E-state index is 0.194. The third-order valence-electron chi connectivity index (χ3n) is 14.9. The summed E-state index contributed by atoms with van der Waals surface area (Å²) in [6, 6.07) is 0. The van der Waals surface area contributed by atoms with Crippen molar-refractivity contribution in [3.63, 3.8) is 0 Å². The number of carboxylic acids is 1. The van der Waals surface area contributed by atoms with E-state index in [-0.39, 0.29) is 5.92 Å². The summed E-state index contributed by atoms with van der Waals surface area (Å²) in [5.41, 5.74) is 3.88. The minimum Gasteiger partial charge on any atom is -0.481 e. The lowest BCUT2D eigenvalue weighted by molar-refractivity contribution is -0.212. The zero-order valence-corrected chi connectivity index (χ0v) is 27.0. The summed E-state index contributed by atoms with van der Waals surface area (Å²) in [5, 5.41) is 23.9. The highest BCUT2D eigenvalue weighted by Gasteiger charge is 2.68. The second-order valence-corrected chi connectivity index (χ2v) is 17.1. The fourth-order valence-electron chi connectivity index (χ4n) is 12.5. The summed E-state index contributed by atoms with van der Waals surface area (Å²) in [7, 11) is 0. The average Bonchev–Trinajstić information content (AvgIpc) is 3.32. The Morgan fingerprint density at radius 2 is 1.73 bits per heavy atom. The van der Waals surface area contributed by atoms with Crippen LogP contribution in [0.3, 0.4) is 0 Å². The molecule has 41 heavy (non-hydrogen) atoms. The van der Waals surface area contributed by atoms with E-state index in [4.69, 9.17) is 0 Å². The number of aliphatic carboxylic acids is 1. The number of aliphatic hydroxyl groups is 1. The van der Waals surface area contributed by atoms with E-state index in [9.17, 15) is 15.0 Å². The molecule has 0 radical (unpaired) electrons. The maximum atomic E-state index is 11.5. The lowest BCUT2D eigenvalue weighted by Gasteiger charge is -2.71. The van der Waals surface area contributed by atoms with E-state index in [0.29, 0.717) is 34.1 Å². The van der Waals surface area contributed by atoms with Crippen LogP contribution in [0.1, 0.15) is 131 Å². The molecule has 10 atom stereocenters. The molecule has 0 aromatic carbocycles. The third kappa shape index (κ3) is 4.63. The Morgan fingerprint density at radius 1 is 0.951 bits per heavy atom. The number of hydrogen-bond acceptors (Lipinski definition) is 3. The Morgan fingerprint density at radius 3 is 2.41 bits per heavy atom. The van der Waals surface area contributed by atoms with E-state index in [1.807, 2.05) is 13.8 Å². The second-order valence-electron chi connectivity index (χ2n) is 17.1. The first kappa shape index (κ1) is 29.9. The van der Waals surface area contributed by atoms with Crippen LogP contribution in [0.25, 0.3) is 0 Å². The molecular weight excluding hydrogens is 506 g/mol. The van der Waals surface area contributed by atoms with Gasteiger partial charge in [0, 0.05) is 5.54 Å². The van der Waals surface area contributed by atoms with Gasteiger partial charge in [-0.3, -0.25) is 4.79 Å².